The van der Waals surface area contributed by atoms with Crippen molar-refractivity contribution < 1.29 is 14.6 Å². The minimum absolute atomic E-state index is 0.208. The Kier molecular flexibility index (Phi) is 3.57. The molecule has 0 amide bonds. The maximum absolute atomic E-state index is 10.9. The van der Waals surface area contributed by atoms with Gasteiger partial charge >= 0.3 is 5.97 Å². The van der Waals surface area contributed by atoms with E-state index < -0.39 is 5.97 Å². The summed E-state index contributed by atoms with van der Waals surface area (Å²) in [6.45, 7) is 0. The van der Waals surface area contributed by atoms with Crippen molar-refractivity contribution in [3.8, 4) is 5.75 Å². The van der Waals surface area contributed by atoms with Crippen molar-refractivity contribution in [2.24, 2.45) is 11.8 Å². The molecule has 1 aromatic carbocycles. The number of rotatable bonds is 4. The smallest absolute Gasteiger partial charge is 0.306 e. The molecule has 0 bridgehead atoms. The van der Waals surface area contributed by atoms with Crippen molar-refractivity contribution in [1.29, 1.82) is 0 Å². The SMILES string of the molecule is COc1ccc(Cl)cc1CC1CCC1C(=O)O. The molecule has 0 spiro atoms. The molecule has 2 atom stereocenters. The maximum Gasteiger partial charge on any atom is 0.306 e. The summed E-state index contributed by atoms with van der Waals surface area (Å²) in [4.78, 5) is 10.9. The van der Waals surface area contributed by atoms with E-state index >= 15 is 0 Å². The second-order valence-corrected chi connectivity index (χ2v) is 4.88. The molecule has 1 fully saturated rings. The highest BCUT2D eigenvalue weighted by Gasteiger charge is 2.36. The number of halogens is 1. The number of hydrogen-bond acceptors (Lipinski definition) is 2. The summed E-state index contributed by atoms with van der Waals surface area (Å²) in [5, 5.41) is 9.66. The zero-order valence-corrected chi connectivity index (χ0v) is 10.4. The van der Waals surface area contributed by atoms with Gasteiger partial charge < -0.3 is 9.84 Å². The quantitative estimate of drug-likeness (QED) is 0.899. The van der Waals surface area contributed by atoms with Gasteiger partial charge in [0.15, 0.2) is 0 Å². The monoisotopic (exact) mass is 254 g/mol. The van der Waals surface area contributed by atoms with Gasteiger partial charge in [0, 0.05) is 5.02 Å². The highest BCUT2D eigenvalue weighted by Crippen LogP contribution is 2.39. The summed E-state index contributed by atoms with van der Waals surface area (Å²) >= 11 is 5.95. The second kappa shape index (κ2) is 4.96. The van der Waals surface area contributed by atoms with Crippen molar-refractivity contribution in [2.75, 3.05) is 7.11 Å². The molecule has 1 aliphatic rings. The van der Waals surface area contributed by atoms with E-state index in [1.54, 1.807) is 13.2 Å². The van der Waals surface area contributed by atoms with Crippen LogP contribution in [0.2, 0.25) is 5.02 Å². The van der Waals surface area contributed by atoms with Crippen LogP contribution in [0.1, 0.15) is 18.4 Å². The lowest BCUT2D eigenvalue weighted by Crippen LogP contribution is -2.34. The topological polar surface area (TPSA) is 46.5 Å². The predicted molar refractivity (Wildman–Crippen MR) is 65.6 cm³/mol. The molecule has 1 N–H and O–H groups in total. The Morgan fingerprint density at radius 3 is 2.82 bits per heavy atom. The first-order valence-electron chi connectivity index (χ1n) is 5.67. The Morgan fingerprint density at radius 2 is 2.29 bits per heavy atom. The van der Waals surface area contributed by atoms with Gasteiger partial charge in [0.05, 0.1) is 13.0 Å². The molecule has 0 saturated heterocycles. The Balaban J connectivity index is 2.13. The molecule has 0 aromatic heterocycles. The fourth-order valence-corrected chi connectivity index (χ4v) is 2.52. The molecular formula is C13H15ClO3. The molecular weight excluding hydrogens is 240 g/mol. The normalized spacial score (nSPS) is 22.9. The number of methoxy groups -OCH3 is 1. The van der Waals surface area contributed by atoms with Gasteiger partial charge in [-0.25, -0.2) is 0 Å². The van der Waals surface area contributed by atoms with E-state index in [1.807, 2.05) is 12.1 Å². The molecule has 17 heavy (non-hydrogen) atoms. The summed E-state index contributed by atoms with van der Waals surface area (Å²) in [5.41, 5.74) is 0.996. The van der Waals surface area contributed by atoms with Gasteiger partial charge in [-0.15, -0.1) is 0 Å². The van der Waals surface area contributed by atoms with Crippen LogP contribution in [0.5, 0.6) is 5.75 Å². The molecule has 0 radical (unpaired) electrons. The van der Waals surface area contributed by atoms with Crippen LogP contribution >= 0.6 is 11.6 Å². The van der Waals surface area contributed by atoms with Crippen LogP contribution in [0.15, 0.2) is 18.2 Å². The number of ether oxygens (including phenoxy) is 1. The zero-order chi connectivity index (χ0) is 12.4. The third-order valence-electron chi connectivity index (χ3n) is 3.46. The summed E-state index contributed by atoms with van der Waals surface area (Å²) in [5.74, 6) is 0.0891. The first kappa shape index (κ1) is 12.2. The Morgan fingerprint density at radius 1 is 1.53 bits per heavy atom. The third kappa shape index (κ3) is 2.55. The van der Waals surface area contributed by atoms with E-state index in [4.69, 9.17) is 21.4 Å². The van der Waals surface area contributed by atoms with Gasteiger partial charge in [-0.05, 0) is 48.9 Å². The van der Waals surface area contributed by atoms with Crippen LogP contribution in [0.25, 0.3) is 0 Å². The molecule has 0 aliphatic heterocycles. The lowest BCUT2D eigenvalue weighted by molar-refractivity contribution is -0.147. The molecule has 1 aromatic rings. The number of carbonyl (C=O) groups is 1. The lowest BCUT2D eigenvalue weighted by Gasteiger charge is -2.33. The van der Waals surface area contributed by atoms with Crippen molar-refractivity contribution in [3.63, 3.8) is 0 Å². The highest BCUT2D eigenvalue weighted by atomic mass is 35.5. The van der Waals surface area contributed by atoms with Gasteiger partial charge in [0.2, 0.25) is 0 Å². The molecule has 4 heteroatoms. The van der Waals surface area contributed by atoms with Crippen molar-refractivity contribution in [2.45, 2.75) is 19.3 Å². The molecule has 1 aliphatic carbocycles. The van der Waals surface area contributed by atoms with Crippen LogP contribution < -0.4 is 4.74 Å². The number of benzene rings is 1. The second-order valence-electron chi connectivity index (χ2n) is 4.44. The van der Waals surface area contributed by atoms with Crippen LogP contribution in [-0.2, 0) is 11.2 Å². The van der Waals surface area contributed by atoms with E-state index in [9.17, 15) is 4.79 Å². The van der Waals surface area contributed by atoms with Crippen molar-refractivity contribution in [1.82, 2.24) is 0 Å². The summed E-state index contributed by atoms with van der Waals surface area (Å²) in [6.07, 6.45) is 2.47. The van der Waals surface area contributed by atoms with Gasteiger partial charge in [-0.2, -0.15) is 0 Å². The minimum atomic E-state index is -0.692. The van der Waals surface area contributed by atoms with Gasteiger partial charge in [0.25, 0.3) is 0 Å². The van der Waals surface area contributed by atoms with E-state index in [-0.39, 0.29) is 11.8 Å². The standard InChI is InChI=1S/C13H15ClO3/c1-17-12-5-3-10(14)7-9(12)6-8-2-4-11(8)13(15)16/h3,5,7-8,11H,2,4,6H2,1H3,(H,15,16). The number of hydrogen-bond donors (Lipinski definition) is 1. The highest BCUT2D eigenvalue weighted by molar-refractivity contribution is 6.30. The average molecular weight is 255 g/mol. The molecule has 3 nitrogen and oxygen atoms in total. The van der Waals surface area contributed by atoms with E-state index in [0.29, 0.717) is 5.02 Å². The van der Waals surface area contributed by atoms with E-state index in [1.165, 1.54) is 0 Å². The van der Waals surface area contributed by atoms with Gasteiger partial charge in [-0.3, -0.25) is 4.79 Å². The Bertz CT molecular complexity index is 431. The number of carboxylic acid groups (broad SMARTS) is 1. The Hall–Kier alpha value is -1.22. The summed E-state index contributed by atoms with van der Waals surface area (Å²) in [6, 6.07) is 5.46. The zero-order valence-electron chi connectivity index (χ0n) is 9.65. The molecule has 0 heterocycles. The third-order valence-corrected chi connectivity index (χ3v) is 3.69. The van der Waals surface area contributed by atoms with E-state index in [2.05, 4.69) is 0 Å². The number of aliphatic carboxylic acids is 1. The summed E-state index contributed by atoms with van der Waals surface area (Å²) < 4.78 is 5.26. The molecule has 1 saturated carbocycles. The largest absolute Gasteiger partial charge is 0.496 e. The predicted octanol–water partition coefficient (Wildman–Crippen LogP) is 3.00. The van der Waals surface area contributed by atoms with Gasteiger partial charge in [-0.1, -0.05) is 11.6 Å². The lowest BCUT2D eigenvalue weighted by atomic mass is 9.71. The van der Waals surface area contributed by atoms with Crippen LogP contribution in [0.3, 0.4) is 0 Å². The van der Waals surface area contributed by atoms with Gasteiger partial charge in [0.1, 0.15) is 5.75 Å². The fraction of sp³-hybridized carbons (Fsp3) is 0.462. The summed E-state index contributed by atoms with van der Waals surface area (Å²) in [7, 11) is 1.61. The van der Waals surface area contributed by atoms with Crippen LogP contribution in [0, 0.1) is 11.8 Å². The first-order chi connectivity index (χ1) is 8.11. The average Bonchev–Trinajstić information content (AvgIpc) is 2.23. The Labute approximate surface area is 105 Å². The molecule has 92 valence electrons. The number of carboxylic acids is 1. The first-order valence-corrected chi connectivity index (χ1v) is 6.05. The molecule has 2 unspecified atom stereocenters. The van der Waals surface area contributed by atoms with E-state index in [0.717, 1.165) is 30.6 Å². The van der Waals surface area contributed by atoms with Crippen LogP contribution in [0.4, 0.5) is 0 Å². The minimum Gasteiger partial charge on any atom is -0.496 e. The van der Waals surface area contributed by atoms with Crippen LogP contribution in [-0.4, -0.2) is 18.2 Å². The molecule has 2 rings (SSSR count). The maximum atomic E-state index is 10.9. The van der Waals surface area contributed by atoms with Crippen molar-refractivity contribution >= 4 is 17.6 Å². The fourth-order valence-electron chi connectivity index (χ4n) is 2.33. The van der Waals surface area contributed by atoms with Crippen molar-refractivity contribution in [3.05, 3.63) is 28.8 Å².